The molecule has 0 saturated carbocycles. The first-order chi connectivity index (χ1) is 10.3. The van der Waals surface area contributed by atoms with Gasteiger partial charge in [0.2, 0.25) is 0 Å². The van der Waals surface area contributed by atoms with Gasteiger partial charge in [0.05, 0.1) is 0 Å². The molecule has 0 aliphatic carbocycles. The third-order valence-electron chi connectivity index (χ3n) is 3.89. The molecular weight excluding hydrogens is 276 g/mol. The smallest absolute Gasteiger partial charge is 0.119 e. The van der Waals surface area contributed by atoms with Crippen molar-refractivity contribution >= 4 is 11.8 Å². The summed E-state index contributed by atoms with van der Waals surface area (Å²) in [7, 11) is 0. The monoisotopic (exact) mass is 308 g/mol. The van der Waals surface area contributed by atoms with Gasteiger partial charge in [0.1, 0.15) is 5.75 Å². The van der Waals surface area contributed by atoms with Crippen molar-refractivity contribution in [2.45, 2.75) is 76.9 Å². The number of thioether (sulfide) groups is 1. The number of hydrogen-bond acceptors (Lipinski definition) is 2. The van der Waals surface area contributed by atoms with Crippen molar-refractivity contribution < 1.29 is 5.11 Å². The van der Waals surface area contributed by atoms with Crippen LogP contribution >= 0.6 is 11.8 Å². The number of aromatic hydroxyl groups is 1. The molecule has 120 valence electrons. The van der Waals surface area contributed by atoms with Crippen LogP contribution in [-0.2, 0) is 5.75 Å². The van der Waals surface area contributed by atoms with Crippen molar-refractivity contribution in [1.82, 2.24) is 0 Å². The van der Waals surface area contributed by atoms with Gasteiger partial charge in [0.25, 0.3) is 0 Å². The van der Waals surface area contributed by atoms with Gasteiger partial charge < -0.3 is 5.11 Å². The van der Waals surface area contributed by atoms with E-state index in [4.69, 9.17) is 0 Å². The second kappa shape index (κ2) is 13.1. The molecule has 0 aromatic heterocycles. The summed E-state index contributed by atoms with van der Waals surface area (Å²) in [5, 5.41) is 9.67. The summed E-state index contributed by atoms with van der Waals surface area (Å²) in [6.45, 7) is 2.27. The largest absolute Gasteiger partial charge is 0.508 e. The van der Waals surface area contributed by atoms with Crippen LogP contribution in [0.15, 0.2) is 24.3 Å². The maximum Gasteiger partial charge on any atom is 0.119 e. The first-order valence-corrected chi connectivity index (χ1v) is 9.84. The van der Waals surface area contributed by atoms with Crippen LogP contribution in [0.25, 0.3) is 0 Å². The Morgan fingerprint density at radius 1 is 0.810 bits per heavy atom. The molecule has 1 aromatic rings. The summed E-state index contributed by atoms with van der Waals surface area (Å²) in [4.78, 5) is 0. The van der Waals surface area contributed by atoms with E-state index < -0.39 is 0 Å². The Labute approximate surface area is 135 Å². The summed E-state index contributed by atoms with van der Waals surface area (Å²) in [5.74, 6) is 2.59. The van der Waals surface area contributed by atoms with Gasteiger partial charge in [-0.3, -0.25) is 0 Å². The second-order valence-corrected chi connectivity index (χ2v) is 6.97. The van der Waals surface area contributed by atoms with Gasteiger partial charge >= 0.3 is 0 Å². The average Bonchev–Trinajstić information content (AvgIpc) is 2.50. The molecule has 0 fully saturated rings. The first-order valence-electron chi connectivity index (χ1n) is 8.69. The van der Waals surface area contributed by atoms with E-state index in [-0.39, 0.29) is 0 Å². The first kappa shape index (κ1) is 18.4. The number of rotatable bonds is 13. The molecule has 0 atom stereocenters. The van der Waals surface area contributed by atoms with E-state index in [2.05, 4.69) is 6.92 Å². The highest BCUT2D eigenvalue weighted by Crippen LogP contribution is 2.22. The van der Waals surface area contributed by atoms with Crippen LogP contribution in [0.1, 0.15) is 76.7 Å². The molecule has 0 unspecified atom stereocenters. The molecule has 0 saturated heterocycles. The van der Waals surface area contributed by atoms with Gasteiger partial charge in [0, 0.05) is 11.3 Å². The molecule has 1 rings (SSSR count). The summed E-state index contributed by atoms with van der Waals surface area (Å²) in [6.07, 6.45) is 14.0. The predicted molar refractivity (Wildman–Crippen MR) is 96.1 cm³/mol. The van der Waals surface area contributed by atoms with E-state index in [9.17, 15) is 5.11 Å². The Hall–Kier alpha value is -0.630. The van der Waals surface area contributed by atoms with Crippen LogP contribution in [-0.4, -0.2) is 10.9 Å². The molecule has 0 spiro atoms. The normalized spacial score (nSPS) is 10.9. The van der Waals surface area contributed by atoms with Crippen LogP contribution < -0.4 is 0 Å². The van der Waals surface area contributed by atoms with Gasteiger partial charge in [-0.1, -0.05) is 82.9 Å². The lowest BCUT2D eigenvalue weighted by Gasteiger charge is -2.04. The van der Waals surface area contributed by atoms with Crippen molar-refractivity contribution in [2.75, 3.05) is 5.75 Å². The average molecular weight is 309 g/mol. The number of benzene rings is 1. The van der Waals surface area contributed by atoms with E-state index in [0.29, 0.717) is 5.75 Å². The van der Waals surface area contributed by atoms with Crippen molar-refractivity contribution in [3.05, 3.63) is 29.8 Å². The Bertz CT molecular complexity index is 351. The fourth-order valence-electron chi connectivity index (χ4n) is 2.51. The third-order valence-corrected chi connectivity index (χ3v) is 4.98. The highest BCUT2D eigenvalue weighted by molar-refractivity contribution is 7.98. The van der Waals surface area contributed by atoms with E-state index in [1.165, 1.54) is 70.0 Å². The lowest BCUT2D eigenvalue weighted by molar-refractivity contribution is 0.470. The molecule has 1 aromatic carbocycles. The fraction of sp³-hybridized carbons (Fsp3) is 0.684. The van der Waals surface area contributed by atoms with Gasteiger partial charge in [-0.05, 0) is 18.2 Å². The number of para-hydroxylation sites is 1. The SMILES string of the molecule is CCCCCCCCCCCCSCc1ccccc1O. The van der Waals surface area contributed by atoms with Gasteiger partial charge in [0.15, 0.2) is 0 Å². The van der Waals surface area contributed by atoms with E-state index in [1.54, 1.807) is 6.07 Å². The minimum absolute atomic E-state index is 0.438. The highest BCUT2D eigenvalue weighted by atomic mass is 32.2. The van der Waals surface area contributed by atoms with Crippen molar-refractivity contribution in [1.29, 1.82) is 0 Å². The fourth-order valence-corrected chi connectivity index (χ4v) is 3.52. The molecule has 0 radical (unpaired) electrons. The maximum atomic E-state index is 9.67. The highest BCUT2D eigenvalue weighted by Gasteiger charge is 1.99. The molecule has 0 aliphatic rings. The number of unbranched alkanes of at least 4 members (excludes halogenated alkanes) is 9. The summed E-state index contributed by atoms with van der Waals surface area (Å²) >= 11 is 1.94. The molecule has 1 nitrogen and oxygen atoms in total. The molecule has 0 heterocycles. The summed E-state index contributed by atoms with van der Waals surface area (Å²) < 4.78 is 0. The quantitative estimate of drug-likeness (QED) is 0.417. The molecule has 0 bridgehead atoms. The molecule has 1 N–H and O–H groups in total. The molecule has 0 aliphatic heterocycles. The van der Waals surface area contributed by atoms with Crippen molar-refractivity contribution in [2.24, 2.45) is 0 Å². The number of phenols is 1. The Balaban J connectivity index is 1.84. The summed E-state index contributed by atoms with van der Waals surface area (Å²) in [5.41, 5.74) is 1.06. The van der Waals surface area contributed by atoms with E-state index in [0.717, 1.165) is 11.3 Å². The Morgan fingerprint density at radius 2 is 1.38 bits per heavy atom. The zero-order valence-corrected chi connectivity index (χ0v) is 14.5. The lowest BCUT2D eigenvalue weighted by atomic mass is 10.1. The van der Waals surface area contributed by atoms with Crippen molar-refractivity contribution in [3.8, 4) is 5.75 Å². The van der Waals surface area contributed by atoms with Crippen LogP contribution in [0.5, 0.6) is 5.75 Å². The van der Waals surface area contributed by atoms with E-state index in [1.807, 2.05) is 30.0 Å². The third kappa shape index (κ3) is 9.84. The molecule has 21 heavy (non-hydrogen) atoms. The molecule has 0 amide bonds. The predicted octanol–water partition coefficient (Wildman–Crippen LogP) is 6.55. The number of phenolic OH excluding ortho intramolecular Hbond substituents is 1. The minimum atomic E-state index is 0.438. The Morgan fingerprint density at radius 3 is 2.00 bits per heavy atom. The minimum Gasteiger partial charge on any atom is -0.508 e. The molecular formula is C19H32OS. The molecule has 2 heteroatoms. The summed E-state index contributed by atoms with van der Waals surface area (Å²) in [6, 6.07) is 7.67. The topological polar surface area (TPSA) is 20.2 Å². The van der Waals surface area contributed by atoms with Crippen LogP contribution in [0.2, 0.25) is 0 Å². The van der Waals surface area contributed by atoms with Gasteiger partial charge in [-0.2, -0.15) is 11.8 Å². The number of hydrogen-bond donors (Lipinski definition) is 1. The van der Waals surface area contributed by atoms with Crippen LogP contribution in [0, 0.1) is 0 Å². The van der Waals surface area contributed by atoms with Crippen molar-refractivity contribution in [3.63, 3.8) is 0 Å². The maximum absolute atomic E-state index is 9.67. The standard InChI is InChI=1S/C19H32OS/c1-2-3-4-5-6-7-8-9-10-13-16-21-17-18-14-11-12-15-19(18)20/h11-12,14-15,20H,2-10,13,16-17H2,1H3. The zero-order chi connectivity index (χ0) is 15.2. The second-order valence-electron chi connectivity index (χ2n) is 5.86. The van der Waals surface area contributed by atoms with Gasteiger partial charge in [-0.15, -0.1) is 0 Å². The van der Waals surface area contributed by atoms with E-state index >= 15 is 0 Å². The lowest BCUT2D eigenvalue weighted by Crippen LogP contribution is -1.86. The van der Waals surface area contributed by atoms with Crippen LogP contribution in [0.4, 0.5) is 0 Å². The van der Waals surface area contributed by atoms with Crippen LogP contribution in [0.3, 0.4) is 0 Å². The zero-order valence-electron chi connectivity index (χ0n) is 13.7. The Kier molecular flexibility index (Phi) is 11.5. The van der Waals surface area contributed by atoms with Gasteiger partial charge in [-0.25, -0.2) is 0 Å².